The Labute approximate surface area is 256 Å². The second kappa shape index (κ2) is 11.7. The zero-order valence-corrected chi connectivity index (χ0v) is 24.8. The number of aromatic nitrogens is 1. The number of allylic oxidation sites excluding steroid dienone is 4. The van der Waals surface area contributed by atoms with Crippen LogP contribution in [0, 0.1) is 0 Å². The van der Waals surface area contributed by atoms with Gasteiger partial charge in [0.1, 0.15) is 11.5 Å². The number of carbonyl (C=O) groups is 1. The van der Waals surface area contributed by atoms with E-state index in [0.717, 1.165) is 82.6 Å². The zero-order chi connectivity index (χ0) is 29.3. The van der Waals surface area contributed by atoms with Gasteiger partial charge in [-0.3, -0.25) is 9.78 Å². The average Bonchev–Trinajstić information content (AvgIpc) is 3.44. The molecule has 4 aromatic rings. The van der Waals surface area contributed by atoms with E-state index >= 15 is 0 Å². The summed E-state index contributed by atoms with van der Waals surface area (Å²) in [6.45, 7) is 4.18. The lowest BCUT2D eigenvalue weighted by Crippen LogP contribution is -2.43. The summed E-state index contributed by atoms with van der Waals surface area (Å²) < 4.78 is 12.1. The third kappa shape index (κ3) is 5.35. The number of carbonyl (C=O) groups excluding carboxylic acids is 1. The van der Waals surface area contributed by atoms with Crippen LogP contribution in [-0.2, 0) is 13.0 Å². The van der Waals surface area contributed by atoms with Crippen molar-refractivity contribution in [3.63, 3.8) is 0 Å². The number of hydrogen-bond donors (Lipinski definition) is 1. The number of nitrogens with one attached hydrogen (secondary N) is 1. The number of piperazine rings is 1. The number of anilines is 2. The van der Waals surface area contributed by atoms with Crippen molar-refractivity contribution in [1.82, 2.24) is 10.3 Å². The molecule has 0 bridgehead atoms. The molecule has 1 saturated heterocycles. The van der Waals surface area contributed by atoms with Crippen LogP contribution < -0.4 is 19.9 Å². The average molecular weight is 593 g/mol. The molecule has 8 heteroatoms. The molecule has 1 unspecified atom stereocenters. The number of ether oxygens (including phenoxy) is 1. The summed E-state index contributed by atoms with van der Waals surface area (Å²) in [6, 6.07) is 18.5. The minimum absolute atomic E-state index is 0.0427. The summed E-state index contributed by atoms with van der Waals surface area (Å²) in [6.07, 6.45) is 10.8. The Bertz CT molecular complexity index is 1740. The van der Waals surface area contributed by atoms with E-state index in [2.05, 4.69) is 57.7 Å². The first kappa shape index (κ1) is 27.5. The zero-order valence-electron chi connectivity index (χ0n) is 24.1. The van der Waals surface area contributed by atoms with Gasteiger partial charge in [0.2, 0.25) is 0 Å². The van der Waals surface area contributed by atoms with Crippen LogP contribution in [0.1, 0.15) is 45.3 Å². The summed E-state index contributed by atoms with van der Waals surface area (Å²) >= 11 is 6.19. The third-order valence-electron chi connectivity index (χ3n) is 8.54. The van der Waals surface area contributed by atoms with Gasteiger partial charge in [-0.15, -0.1) is 0 Å². The van der Waals surface area contributed by atoms with E-state index in [0.29, 0.717) is 18.7 Å². The largest absolute Gasteiger partial charge is 0.496 e. The highest BCUT2D eigenvalue weighted by molar-refractivity contribution is 6.31. The van der Waals surface area contributed by atoms with Crippen molar-refractivity contribution in [2.75, 3.05) is 43.1 Å². The van der Waals surface area contributed by atoms with E-state index in [1.165, 1.54) is 5.69 Å². The second-order valence-corrected chi connectivity index (χ2v) is 11.6. The highest BCUT2D eigenvalue weighted by Crippen LogP contribution is 2.40. The predicted octanol–water partition coefficient (Wildman–Crippen LogP) is 6.68. The first-order chi connectivity index (χ1) is 21.1. The minimum Gasteiger partial charge on any atom is -0.496 e. The third-order valence-corrected chi connectivity index (χ3v) is 8.82. The number of methoxy groups -OCH3 is 1. The lowest BCUT2D eigenvalue weighted by atomic mass is 9.96. The van der Waals surface area contributed by atoms with Crippen LogP contribution in [0.3, 0.4) is 0 Å². The van der Waals surface area contributed by atoms with E-state index in [-0.39, 0.29) is 11.8 Å². The number of halogens is 1. The van der Waals surface area contributed by atoms with Gasteiger partial charge in [-0.05, 0) is 59.5 Å². The summed E-state index contributed by atoms with van der Waals surface area (Å²) in [5.74, 6) is 1.83. The van der Waals surface area contributed by atoms with Crippen LogP contribution in [0.25, 0.3) is 11.1 Å². The normalized spacial score (nSPS) is 18.1. The monoisotopic (exact) mass is 592 g/mol. The van der Waals surface area contributed by atoms with Crippen molar-refractivity contribution < 1.29 is 13.9 Å². The molecule has 43 heavy (non-hydrogen) atoms. The highest BCUT2D eigenvalue weighted by atomic mass is 35.5. The molecule has 1 atom stereocenters. The molecule has 2 aromatic heterocycles. The van der Waals surface area contributed by atoms with E-state index in [4.69, 9.17) is 20.8 Å². The van der Waals surface area contributed by atoms with Crippen LogP contribution in [-0.4, -0.2) is 44.2 Å². The van der Waals surface area contributed by atoms with Gasteiger partial charge in [0.25, 0.3) is 5.91 Å². The Hall–Kier alpha value is -4.33. The van der Waals surface area contributed by atoms with Gasteiger partial charge in [0, 0.05) is 78.4 Å². The van der Waals surface area contributed by atoms with Crippen molar-refractivity contribution in [3.8, 4) is 16.9 Å². The molecule has 7 rings (SSSR count). The fraction of sp³-hybridized carbons (Fsp3) is 0.257. The topological polar surface area (TPSA) is 70.8 Å². The van der Waals surface area contributed by atoms with Gasteiger partial charge in [-0.2, -0.15) is 0 Å². The number of amides is 1. The molecule has 4 heterocycles. The quantitative estimate of drug-likeness (QED) is 0.269. The van der Waals surface area contributed by atoms with Crippen LogP contribution in [0.4, 0.5) is 11.4 Å². The number of rotatable bonds is 6. The number of fused-ring (bicyclic) bond motifs is 2. The second-order valence-electron chi connectivity index (χ2n) is 11.1. The summed E-state index contributed by atoms with van der Waals surface area (Å²) in [4.78, 5) is 23.1. The van der Waals surface area contributed by atoms with Gasteiger partial charge < -0.3 is 24.3 Å². The van der Waals surface area contributed by atoms with E-state index < -0.39 is 0 Å². The van der Waals surface area contributed by atoms with E-state index in [1.807, 2.05) is 41.4 Å². The maximum absolute atomic E-state index is 14.4. The standard InChI is InChI=1S/C35H33ClN4O3/c1-42-32-12-13-38-21-30(32)29-5-3-2-4-24(29)22-40-31-11-10-28(39-16-14-37-15-17-39)19-25(31)18-26-20-33(43-34(26)35(40)41)23-6-8-27(36)9-7-23/h2-6,8-13,19-21,23,37H,7,14-18,22H2,1H3. The lowest BCUT2D eigenvalue weighted by Gasteiger charge is -2.31. The first-order valence-corrected chi connectivity index (χ1v) is 15.1. The Kier molecular flexibility index (Phi) is 7.51. The number of hydrogen-bond acceptors (Lipinski definition) is 6. The Morgan fingerprint density at radius 2 is 1.93 bits per heavy atom. The van der Waals surface area contributed by atoms with Gasteiger partial charge in [-0.25, -0.2) is 0 Å². The Morgan fingerprint density at radius 1 is 1.07 bits per heavy atom. The molecule has 1 N–H and O–H groups in total. The van der Waals surface area contributed by atoms with Crippen molar-refractivity contribution in [1.29, 1.82) is 0 Å². The van der Waals surface area contributed by atoms with E-state index in [9.17, 15) is 4.79 Å². The molecule has 1 fully saturated rings. The number of pyridine rings is 1. The maximum Gasteiger partial charge on any atom is 0.294 e. The molecule has 2 aliphatic heterocycles. The van der Waals surface area contributed by atoms with Crippen molar-refractivity contribution >= 4 is 28.9 Å². The van der Waals surface area contributed by atoms with Crippen LogP contribution in [0.5, 0.6) is 5.75 Å². The molecular weight excluding hydrogens is 560 g/mol. The molecule has 0 spiro atoms. The van der Waals surface area contributed by atoms with Crippen molar-refractivity contribution in [2.45, 2.75) is 25.3 Å². The maximum atomic E-state index is 14.4. The smallest absolute Gasteiger partial charge is 0.294 e. The van der Waals surface area contributed by atoms with Gasteiger partial charge in [0.05, 0.1) is 13.7 Å². The fourth-order valence-electron chi connectivity index (χ4n) is 6.29. The Balaban J connectivity index is 1.32. The summed E-state index contributed by atoms with van der Waals surface area (Å²) in [5, 5.41) is 4.16. The molecule has 0 saturated carbocycles. The SMILES string of the molecule is COc1ccncc1-c1ccccc1CN1C(=O)c2oc(C3C=CC(Cl)=CC3)cc2Cc2cc(N3CCNCC3)ccc21. The molecule has 218 valence electrons. The molecule has 2 aromatic carbocycles. The lowest BCUT2D eigenvalue weighted by molar-refractivity contribution is 0.0956. The van der Waals surface area contributed by atoms with Crippen molar-refractivity contribution in [2.24, 2.45) is 0 Å². The highest BCUT2D eigenvalue weighted by Gasteiger charge is 2.33. The molecular formula is C35H33ClN4O3. The van der Waals surface area contributed by atoms with Gasteiger partial charge >= 0.3 is 0 Å². The number of benzene rings is 2. The molecule has 7 nitrogen and oxygen atoms in total. The Morgan fingerprint density at radius 3 is 2.74 bits per heavy atom. The fourth-order valence-corrected chi connectivity index (χ4v) is 6.46. The van der Waals surface area contributed by atoms with E-state index in [1.54, 1.807) is 13.3 Å². The van der Waals surface area contributed by atoms with Crippen LogP contribution in [0.2, 0.25) is 0 Å². The number of nitrogens with zero attached hydrogens (tertiary/aromatic N) is 3. The van der Waals surface area contributed by atoms with Crippen LogP contribution >= 0.6 is 11.6 Å². The van der Waals surface area contributed by atoms with Gasteiger partial charge in [0.15, 0.2) is 5.76 Å². The van der Waals surface area contributed by atoms with Crippen molar-refractivity contribution in [3.05, 3.63) is 118 Å². The molecule has 1 aliphatic carbocycles. The number of furan rings is 1. The minimum atomic E-state index is -0.142. The first-order valence-electron chi connectivity index (χ1n) is 14.7. The summed E-state index contributed by atoms with van der Waals surface area (Å²) in [5.41, 5.74) is 6.94. The predicted molar refractivity (Wildman–Crippen MR) is 170 cm³/mol. The molecule has 0 radical (unpaired) electrons. The van der Waals surface area contributed by atoms with Crippen LogP contribution in [0.15, 0.2) is 94.7 Å². The summed E-state index contributed by atoms with van der Waals surface area (Å²) in [7, 11) is 1.66. The molecule has 1 amide bonds. The molecule has 3 aliphatic rings. The van der Waals surface area contributed by atoms with Gasteiger partial charge in [-0.1, -0.05) is 48.0 Å².